The third kappa shape index (κ3) is 5.52. The summed E-state index contributed by atoms with van der Waals surface area (Å²) < 4.78 is 6.02. The number of nitrogens with one attached hydrogen (secondary N) is 1. The smallest absolute Gasteiger partial charge is 0.223 e. The molecule has 1 unspecified atom stereocenters. The van der Waals surface area contributed by atoms with E-state index in [1.54, 1.807) is 49.7 Å². The van der Waals surface area contributed by atoms with E-state index in [4.69, 9.17) is 21.8 Å². The van der Waals surface area contributed by atoms with Crippen LogP contribution in [0.2, 0.25) is 5.02 Å². The number of nitriles is 1. The van der Waals surface area contributed by atoms with Gasteiger partial charge >= 0.3 is 0 Å². The predicted molar refractivity (Wildman–Crippen MR) is 121 cm³/mol. The second kappa shape index (κ2) is 10.3. The molecule has 0 aliphatic carbocycles. The molecule has 1 amide bonds. The highest BCUT2D eigenvalue weighted by molar-refractivity contribution is 6.31. The zero-order valence-corrected chi connectivity index (χ0v) is 17.9. The van der Waals surface area contributed by atoms with Crippen molar-refractivity contribution in [1.29, 1.82) is 5.26 Å². The summed E-state index contributed by atoms with van der Waals surface area (Å²) in [5.74, 6) is -0.384. The number of benzene rings is 2. The summed E-state index contributed by atoms with van der Waals surface area (Å²) in [6.45, 7) is 2.71. The van der Waals surface area contributed by atoms with Gasteiger partial charge in [0.05, 0.1) is 17.0 Å². The minimum atomic E-state index is -0.526. The molecule has 159 valence electrons. The van der Waals surface area contributed by atoms with Crippen LogP contribution >= 0.6 is 11.6 Å². The predicted octanol–water partition coefficient (Wildman–Crippen LogP) is 3.56. The van der Waals surface area contributed by atoms with Crippen LogP contribution in [0, 0.1) is 23.7 Å². The zero-order valence-electron chi connectivity index (χ0n) is 17.2. The molecule has 0 fully saturated rings. The molecule has 7 heteroatoms. The van der Waals surface area contributed by atoms with E-state index < -0.39 is 5.92 Å². The molecule has 1 radical (unpaired) electrons. The first-order chi connectivity index (χ1) is 14.9. The van der Waals surface area contributed by atoms with E-state index in [9.17, 15) is 14.9 Å². The van der Waals surface area contributed by atoms with Crippen molar-refractivity contribution in [2.75, 3.05) is 13.1 Å². The van der Waals surface area contributed by atoms with E-state index in [0.717, 1.165) is 5.56 Å². The zero-order chi connectivity index (χ0) is 22.4. The fourth-order valence-corrected chi connectivity index (χ4v) is 3.42. The number of carbonyl (C=O) groups excluding carboxylic acids is 1. The van der Waals surface area contributed by atoms with E-state index in [0.29, 0.717) is 52.4 Å². The molecular weight excluding hydrogens is 414 g/mol. The van der Waals surface area contributed by atoms with Crippen LogP contribution in [0.25, 0.3) is 11.0 Å². The molecule has 1 heterocycles. The molecule has 0 aliphatic rings. The summed E-state index contributed by atoms with van der Waals surface area (Å²) in [5, 5.41) is 12.9. The number of nitrogens with zero attached hydrogens (tertiary/aromatic N) is 1. The molecule has 2 aromatic carbocycles. The van der Waals surface area contributed by atoms with Gasteiger partial charge in [0.2, 0.25) is 5.91 Å². The van der Waals surface area contributed by atoms with Crippen LogP contribution in [0.3, 0.4) is 0 Å². The third-order valence-electron chi connectivity index (χ3n) is 4.91. The monoisotopic (exact) mass is 436 g/mol. The summed E-state index contributed by atoms with van der Waals surface area (Å²) in [6.07, 6.45) is 2.59. The van der Waals surface area contributed by atoms with Crippen molar-refractivity contribution < 1.29 is 9.21 Å². The van der Waals surface area contributed by atoms with Crippen molar-refractivity contribution in [2.24, 2.45) is 11.7 Å². The molecule has 0 saturated heterocycles. The third-order valence-corrected chi connectivity index (χ3v) is 5.15. The largest absolute Gasteiger partial charge is 0.460 e. The first kappa shape index (κ1) is 22.5. The average molecular weight is 437 g/mol. The lowest BCUT2D eigenvalue weighted by Gasteiger charge is -2.15. The number of nitrogens with two attached hydrogens (primary N) is 1. The molecule has 3 rings (SSSR count). The number of carbonyl (C=O) groups is 1. The Labute approximate surface area is 185 Å². The number of hydrogen-bond donors (Lipinski definition) is 2. The highest BCUT2D eigenvalue weighted by Crippen LogP contribution is 2.24. The van der Waals surface area contributed by atoms with E-state index in [-0.39, 0.29) is 17.8 Å². The molecule has 3 N–H and O–H groups in total. The molecule has 3 aromatic rings. The Bertz CT molecular complexity index is 1200. The lowest BCUT2D eigenvalue weighted by atomic mass is 9.96. The number of amides is 1. The Morgan fingerprint density at radius 3 is 2.87 bits per heavy atom. The summed E-state index contributed by atoms with van der Waals surface area (Å²) in [4.78, 5) is 25.7. The minimum Gasteiger partial charge on any atom is -0.460 e. The summed E-state index contributed by atoms with van der Waals surface area (Å²) >= 11 is 6.08. The lowest BCUT2D eigenvalue weighted by molar-refractivity contribution is -0.123. The summed E-state index contributed by atoms with van der Waals surface area (Å²) in [5.41, 5.74) is 7.36. The first-order valence-electron chi connectivity index (χ1n) is 10.00. The fourth-order valence-electron chi connectivity index (χ4n) is 3.26. The second-order valence-electron chi connectivity index (χ2n) is 7.29. The van der Waals surface area contributed by atoms with Gasteiger partial charge in [0.1, 0.15) is 11.3 Å². The normalized spacial score (nSPS) is 11.8. The maximum Gasteiger partial charge on any atom is 0.223 e. The number of halogens is 1. The standard InChI is InChI=1S/C24H23ClN3O3/c1-15(24(30)28-9-3-8-26)10-21-20(12-16-4-2-5-17(11-16)14-27)23(29)19-7-6-18(25)13-22(19)31-21/h2,4-7,10-11,13,15H,3,8-9,12,26H2,1H3,(H,28,30). The van der Waals surface area contributed by atoms with E-state index in [2.05, 4.69) is 11.4 Å². The van der Waals surface area contributed by atoms with Crippen LogP contribution < -0.4 is 16.5 Å². The Morgan fingerprint density at radius 2 is 2.13 bits per heavy atom. The van der Waals surface area contributed by atoms with Gasteiger partial charge in [-0.1, -0.05) is 30.7 Å². The van der Waals surface area contributed by atoms with Gasteiger partial charge < -0.3 is 15.5 Å². The second-order valence-corrected chi connectivity index (χ2v) is 7.73. The molecule has 0 spiro atoms. The van der Waals surface area contributed by atoms with Gasteiger partial charge in [-0.25, -0.2) is 0 Å². The van der Waals surface area contributed by atoms with Gasteiger partial charge in [0, 0.05) is 42.0 Å². The van der Waals surface area contributed by atoms with Crippen molar-refractivity contribution in [1.82, 2.24) is 5.32 Å². The van der Waals surface area contributed by atoms with Crippen molar-refractivity contribution in [2.45, 2.75) is 19.8 Å². The Hall–Kier alpha value is -3.14. The van der Waals surface area contributed by atoms with E-state index in [1.807, 2.05) is 6.07 Å². The molecule has 0 saturated carbocycles. The van der Waals surface area contributed by atoms with Gasteiger partial charge in [-0.2, -0.15) is 5.26 Å². The Kier molecular flexibility index (Phi) is 7.45. The van der Waals surface area contributed by atoms with Crippen molar-refractivity contribution >= 4 is 28.5 Å². The highest BCUT2D eigenvalue weighted by atomic mass is 35.5. The maximum absolute atomic E-state index is 13.3. The van der Waals surface area contributed by atoms with Gasteiger partial charge in [0.15, 0.2) is 5.43 Å². The SMILES string of the molecule is CC([CH]c1oc2cc(Cl)ccc2c(=O)c1Cc1cccc(C#N)c1)C(=O)NCCCN. The Balaban J connectivity index is 2.01. The van der Waals surface area contributed by atoms with Crippen molar-refractivity contribution in [3.63, 3.8) is 0 Å². The summed E-state index contributed by atoms with van der Waals surface area (Å²) in [6, 6.07) is 14.0. The van der Waals surface area contributed by atoms with E-state index >= 15 is 0 Å². The molecular formula is C24H23ClN3O3. The van der Waals surface area contributed by atoms with Crippen LogP contribution in [0.5, 0.6) is 0 Å². The average Bonchev–Trinajstić information content (AvgIpc) is 2.76. The summed E-state index contributed by atoms with van der Waals surface area (Å²) in [7, 11) is 0. The van der Waals surface area contributed by atoms with Crippen LogP contribution in [0.1, 0.15) is 35.8 Å². The number of rotatable bonds is 8. The Morgan fingerprint density at radius 1 is 1.32 bits per heavy atom. The van der Waals surface area contributed by atoms with Crippen LogP contribution in [0.15, 0.2) is 51.7 Å². The molecule has 6 nitrogen and oxygen atoms in total. The fraction of sp³-hybridized carbons (Fsp3) is 0.250. The van der Waals surface area contributed by atoms with Gasteiger partial charge in [-0.15, -0.1) is 0 Å². The van der Waals surface area contributed by atoms with Crippen molar-refractivity contribution in [3.8, 4) is 6.07 Å². The highest BCUT2D eigenvalue weighted by Gasteiger charge is 2.21. The maximum atomic E-state index is 13.3. The van der Waals surface area contributed by atoms with Gasteiger partial charge in [-0.05, 0) is 42.8 Å². The quantitative estimate of drug-likeness (QED) is 0.524. The van der Waals surface area contributed by atoms with E-state index in [1.165, 1.54) is 0 Å². The number of hydrogen-bond acceptors (Lipinski definition) is 5. The topological polar surface area (TPSA) is 109 Å². The number of fused-ring (bicyclic) bond motifs is 1. The first-order valence-corrected chi connectivity index (χ1v) is 10.4. The van der Waals surface area contributed by atoms with Gasteiger partial charge in [-0.3, -0.25) is 9.59 Å². The van der Waals surface area contributed by atoms with Gasteiger partial charge in [0.25, 0.3) is 0 Å². The molecule has 1 atom stereocenters. The minimum absolute atomic E-state index is 0.181. The lowest BCUT2D eigenvalue weighted by Crippen LogP contribution is -2.31. The molecule has 0 bridgehead atoms. The van der Waals surface area contributed by atoms with Crippen LogP contribution in [-0.2, 0) is 11.2 Å². The molecule has 0 aliphatic heterocycles. The molecule has 1 aromatic heterocycles. The van der Waals surface area contributed by atoms with Crippen LogP contribution in [0.4, 0.5) is 0 Å². The van der Waals surface area contributed by atoms with Crippen LogP contribution in [-0.4, -0.2) is 19.0 Å². The van der Waals surface area contributed by atoms with Crippen molar-refractivity contribution in [3.05, 3.63) is 86.6 Å². The molecule has 31 heavy (non-hydrogen) atoms.